The van der Waals surface area contributed by atoms with E-state index in [1.54, 1.807) is 0 Å². The zero-order valence-corrected chi connectivity index (χ0v) is 12.1. The molecule has 0 bridgehead atoms. The molecular weight excluding hydrogens is 298 g/mol. The van der Waals surface area contributed by atoms with Gasteiger partial charge in [-0.25, -0.2) is 19.2 Å². The van der Waals surface area contributed by atoms with E-state index in [9.17, 15) is 8.42 Å². The maximum Gasteiger partial charge on any atom is 0.258 e. The van der Waals surface area contributed by atoms with Crippen molar-refractivity contribution in [3.8, 4) is 5.95 Å². The molecule has 0 saturated carbocycles. The summed E-state index contributed by atoms with van der Waals surface area (Å²) < 4.78 is 23.4. The molecule has 0 amide bonds. The van der Waals surface area contributed by atoms with Gasteiger partial charge in [0.15, 0.2) is 0 Å². The molecule has 0 saturated heterocycles. The number of nitrogen functional groups attached to an aromatic ring is 1. The lowest BCUT2D eigenvalue weighted by atomic mass is 10.5. The summed E-state index contributed by atoms with van der Waals surface area (Å²) in [6.07, 6.45) is 4.41. The molecule has 2 rings (SSSR count). The van der Waals surface area contributed by atoms with Crippen LogP contribution >= 0.6 is 0 Å². The van der Waals surface area contributed by atoms with Crippen LogP contribution in [0.1, 0.15) is 6.42 Å². The van der Waals surface area contributed by atoms with Crippen LogP contribution in [0.3, 0.4) is 0 Å². The zero-order chi connectivity index (χ0) is 15.3. The van der Waals surface area contributed by atoms with Crippen LogP contribution in [-0.4, -0.2) is 56.7 Å². The van der Waals surface area contributed by atoms with Crippen LogP contribution < -0.4 is 16.6 Å². The summed E-state index contributed by atoms with van der Waals surface area (Å²) >= 11 is 0. The second-order valence-corrected chi connectivity index (χ2v) is 6.44. The minimum absolute atomic E-state index is 0.0863. The normalized spacial score (nSPS) is 11.3. The third kappa shape index (κ3) is 4.61. The predicted molar refractivity (Wildman–Crippen MR) is 75.4 cm³/mol. The third-order valence-corrected chi connectivity index (χ3v) is 3.38. The van der Waals surface area contributed by atoms with Gasteiger partial charge in [0.05, 0.1) is 5.75 Å². The minimum Gasteiger partial charge on any atom is -0.354 e. The summed E-state index contributed by atoms with van der Waals surface area (Å²) in [6, 6.07) is 0. The van der Waals surface area contributed by atoms with Crippen molar-refractivity contribution >= 4 is 21.7 Å². The lowest BCUT2D eigenvalue weighted by Gasteiger charge is -2.07. The highest BCUT2D eigenvalue weighted by atomic mass is 32.2. The first-order valence-corrected chi connectivity index (χ1v) is 8.03. The molecule has 0 aliphatic carbocycles. The van der Waals surface area contributed by atoms with E-state index in [0.717, 1.165) is 0 Å². The minimum atomic E-state index is -2.98. The van der Waals surface area contributed by atoms with E-state index in [-0.39, 0.29) is 23.6 Å². The fourth-order valence-electron chi connectivity index (χ4n) is 1.46. The molecule has 0 atom stereocenters. The number of nitrogens with one attached hydrogen (secondary N) is 2. The summed E-state index contributed by atoms with van der Waals surface area (Å²) in [5.74, 6) is 6.04. The number of sulfone groups is 1. The van der Waals surface area contributed by atoms with Crippen LogP contribution in [0.5, 0.6) is 0 Å². The van der Waals surface area contributed by atoms with E-state index in [1.165, 1.54) is 23.6 Å². The summed E-state index contributed by atoms with van der Waals surface area (Å²) in [7, 11) is -2.98. The van der Waals surface area contributed by atoms with Gasteiger partial charge in [-0.2, -0.15) is 24.7 Å². The van der Waals surface area contributed by atoms with E-state index in [1.807, 2.05) is 0 Å². The molecule has 0 aliphatic rings. The number of aromatic nitrogens is 6. The van der Waals surface area contributed by atoms with Crippen LogP contribution in [0.2, 0.25) is 0 Å². The summed E-state index contributed by atoms with van der Waals surface area (Å²) in [5, 5.41) is 6.82. The van der Waals surface area contributed by atoms with Crippen molar-refractivity contribution in [3.63, 3.8) is 0 Å². The van der Waals surface area contributed by atoms with E-state index < -0.39 is 9.84 Å². The van der Waals surface area contributed by atoms with E-state index in [2.05, 4.69) is 35.8 Å². The number of anilines is 2. The maximum absolute atomic E-state index is 11.0. The van der Waals surface area contributed by atoms with Crippen molar-refractivity contribution in [2.45, 2.75) is 6.42 Å². The fraction of sp³-hybridized carbons (Fsp3) is 0.444. The Hall–Kier alpha value is -2.34. The first-order valence-electron chi connectivity index (χ1n) is 5.97. The Balaban J connectivity index is 2.07. The Kier molecular flexibility index (Phi) is 4.59. The Labute approximate surface area is 120 Å². The van der Waals surface area contributed by atoms with Gasteiger partial charge < -0.3 is 5.32 Å². The lowest BCUT2D eigenvalue weighted by molar-refractivity contribution is 0.600. The summed E-state index contributed by atoms with van der Waals surface area (Å²) in [5.41, 5.74) is 2.32. The van der Waals surface area contributed by atoms with Crippen molar-refractivity contribution in [2.75, 3.05) is 29.3 Å². The van der Waals surface area contributed by atoms with Crippen LogP contribution in [0.4, 0.5) is 11.9 Å². The number of nitrogens with two attached hydrogens (primary N) is 1. The molecule has 4 N–H and O–H groups in total. The van der Waals surface area contributed by atoms with Crippen LogP contribution in [0.25, 0.3) is 5.95 Å². The van der Waals surface area contributed by atoms with Crippen molar-refractivity contribution in [1.29, 1.82) is 0 Å². The van der Waals surface area contributed by atoms with Gasteiger partial charge in [0.25, 0.3) is 5.95 Å². The van der Waals surface area contributed by atoms with Gasteiger partial charge in [-0.15, -0.1) is 0 Å². The molecule has 0 radical (unpaired) electrons. The first-order chi connectivity index (χ1) is 9.98. The molecule has 11 nitrogen and oxygen atoms in total. The highest BCUT2D eigenvalue weighted by molar-refractivity contribution is 7.90. The van der Waals surface area contributed by atoms with Crippen molar-refractivity contribution < 1.29 is 8.42 Å². The highest BCUT2D eigenvalue weighted by Crippen LogP contribution is 2.07. The largest absolute Gasteiger partial charge is 0.354 e. The lowest BCUT2D eigenvalue weighted by Crippen LogP contribution is -2.17. The van der Waals surface area contributed by atoms with Crippen molar-refractivity contribution in [2.24, 2.45) is 5.84 Å². The standard InChI is InChI=1S/C9H15N9O2S/c1-21(19,20)4-2-3-12-7-14-8(17-10)16-9(15-7)18-6-11-5-13-18/h5-6H,2-4,10H2,1H3,(H2,12,14,15,16,17). The smallest absolute Gasteiger partial charge is 0.258 e. The second-order valence-electron chi connectivity index (χ2n) is 4.18. The molecule has 0 unspecified atom stereocenters. The molecule has 0 fully saturated rings. The second kappa shape index (κ2) is 6.41. The van der Waals surface area contributed by atoms with Crippen LogP contribution in [0.15, 0.2) is 12.7 Å². The molecule has 2 aromatic rings. The Morgan fingerprint density at radius 2 is 2.05 bits per heavy atom. The molecule has 12 heteroatoms. The van der Waals surface area contributed by atoms with Gasteiger partial charge in [0, 0.05) is 12.8 Å². The van der Waals surface area contributed by atoms with Crippen LogP contribution in [0, 0.1) is 0 Å². The van der Waals surface area contributed by atoms with E-state index in [4.69, 9.17) is 5.84 Å². The summed E-state index contributed by atoms with van der Waals surface area (Å²) in [6.45, 7) is 0.401. The molecule has 0 aromatic carbocycles. The van der Waals surface area contributed by atoms with Crippen LogP contribution in [-0.2, 0) is 9.84 Å². The molecule has 21 heavy (non-hydrogen) atoms. The molecule has 114 valence electrons. The van der Waals surface area contributed by atoms with Gasteiger partial charge >= 0.3 is 0 Å². The Morgan fingerprint density at radius 3 is 2.67 bits per heavy atom. The maximum atomic E-state index is 11.0. The molecule has 2 aromatic heterocycles. The number of hydrogen-bond donors (Lipinski definition) is 3. The van der Waals surface area contributed by atoms with Crippen molar-refractivity contribution in [3.05, 3.63) is 12.7 Å². The fourth-order valence-corrected chi connectivity index (χ4v) is 2.13. The number of rotatable bonds is 7. The number of nitrogens with zero attached hydrogens (tertiary/aromatic N) is 6. The highest BCUT2D eigenvalue weighted by Gasteiger charge is 2.08. The predicted octanol–water partition coefficient (Wildman–Crippen LogP) is -1.42. The number of hydrogen-bond acceptors (Lipinski definition) is 10. The van der Waals surface area contributed by atoms with Gasteiger partial charge in [-0.3, -0.25) is 5.43 Å². The van der Waals surface area contributed by atoms with Gasteiger partial charge in [0.2, 0.25) is 11.9 Å². The first kappa shape index (κ1) is 15.1. The van der Waals surface area contributed by atoms with E-state index in [0.29, 0.717) is 13.0 Å². The Morgan fingerprint density at radius 1 is 1.29 bits per heavy atom. The van der Waals surface area contributed by atoms with E-state index >= 15 is 0 Å². The van der Waals surface area contributed by atoms with Crippen molar-refractivity contribution in [1.82, 2.24) is 29.7 Å². The molecule has 2 heterocycles. The van der Waals surface area contributed by atoms with Gasteiger partial charge in [-0.1, -0.05) is 0 Å². The summed E-state index contributed by atoms with van der Waals surface area (Å²) in [4.78, 5) is 16.0. The zero-order valence-electron chi connectivity index (χ0n) is 11.3. The average molecular weight is 313 g/mol. The van der Waals surface area contributed by atoms with Gasteiger partial charge in [0.1, 0.15) is 22.5 Å². The molecule has 0 spiro atoms. The molecular formula is C9H15N9O2S. The quantitative estimate of drug-likeness (QED) is 0.315. The molecule has 0 aliphatic heterocycles. The third-order valence-electron chi connectivity index (χ3n) is 2.35. The number of hydrazine groups is 1. The monoisotopic (exact) mass is 313 g/mol. The van der Waals surface area contributed by atoms with Gasteiger partial charge in [-0.05, 0) is 6.42 Å². The topological polar surface area (TPSA) is 154 Å². The Bertz CT molecular complexity index is 685. The average Bonchev–Trinajstić information content (AvgIpc) is 2.96. The SMILES string of the molecule is CS(=O)(=O)CCCNc1nc(NN)nc(-n2cncn2)n1.